The van der Waals surface area contributed by atoms with E-state index in [9.17, 15) is 9.59 Å². The molecule has 0 saturated carbocycles. The molecule has 1 atom stereocenters. The SMILES string of the molecule is CC(C)(C)c1ccc(COc2ccccc2C=CC(CCc2ccc(C#N)cc2)Cc2ccc(C(=O)NNC(N)=O)cc2)cc1. The number of nitrogens with zero attached hydrogens (tertiary/aromatic N) is 1. The van der Waals surface area contributed by atoms with Crippen molar-refractivity contribution in [2.45, 2.75) is 52.1 Å². The lowest BCUT2D eigenvalue weighted by atomic mass is 9.87. The van der Waals surface area contributed by atoms with Crippen LogP contribution in [-0.2, 0) is 24.9 Å². The number of aryl methyl sites for hydroxylation is 1. The minimum atomic E-state index is -0.835. The summed E-state index contributed by atoms with van der Waals surface area (Å²) in [5.74, 6) is 0.564. The quantitative estimate of drug-likeness (QED) is 0.157. The third kappa shape index (κ3) is 10.1. The van der Waals surface area contributed by atoms with E-state index in [-0.39, 0.29) is 11.3 Å². The monoisotopic (exact) mass is 600 g/mol. The van der Waals surface area contributed by atoms with Crippen LogP contribution in [0.2, 0.25) is 0 Å². The highest BCUT2D eigenvalue weighted by Crippen LogP contribution is 2.26. The Balaban J connectivity index is 1.48. The van der Waals surface area contributed by atoms with Crippen molar-refractivity contribution in [3.8, 4) is 11.8 Å². The van der Waals surface area contributed by atoms with E-state index in [4.69, 9.17) is 15.7 Å². The van der Waals surface area contributed by atoms with Crippen LogP contribution < -0.4 is 21.3 Å². The van der Waals surface area contributed by atoms with Crippen molar-refractivity contribution >= 4 is 18.0 Å². The van der Waals surface area contributed by atoms with E-state index in [1.807, 2.05) is 54.6 Å². The molecule has 0 aliphatic heterocycles. The number of rotatable bonds is 11. The zero-order valence-electron chi connectivity index (χ0n) is 26.0. The first-order valence-corrected chi connectivity index (χ1v) is 15.0. The van der Waals surface area contributed by atoms with Crippen molar-refractivity contribution in [3.63, 3.8) is 0 Å². The number of nitrogens with one attached hydrogen (secondary N) is 2. The molecule has 0 aliphatic carbocycles. The Hall–Kier alpha value is -5.35. The third-order valence-corrected chi connectivity index (χ3v) is 7.58. The number of hydrazine groups is 1. The number of nitrogens with two attached hydrogens (primary N) is 1. The van der Waals surface area contributed by atoms with Gasteiger partial charge in [0, 0.05) is 11.1 Å². The summed E-state index contributed by atoms with van der Waals surface area (Å²) in [7, 11) is 0. The lowest BCUT2D eigenvalue weighted by Gasteiger charge is -2.19. The standard InChI is InChI=1S/C38H40N4O3/c1-38(2,3)34-22-17-31(18-23-34)26-45-35-7-5-4-6-32(35)19-14-28(11-8-27-9-12-30(25-39)13-10-27)24-29-15-20-33(21-16-29)36(43)41-42-37(40)44/h4-7,9-10,12-23,28H,8,11,24,26H2,1-3H3,(H,41,43)(H3,40,42,44). The number of urea groups is 1. The molecule has 4 rings (SSSR count). The second kappa shape index (κ2) is 15.4. The predicted octanol–water partition coefficient (Wildman–Crippen LogP) is 7.25. The van der Waals surface area contributed by atoms with E-state index in [0.717, 1.165) is 41.7 Å². The Morgan fingerprint density at radius 2 is 1.51 bits per heavy atom. The number of allylic oxidation sites excluding steroid dienone is 1. The average molecular weight is 601 g/mol. The highest BCUT2D eigenvalue weighted by Gasteiger charge is 2.14. The number of carbonyl (C=O) groups excluding carboxylic acids is 2. The molecule has 7 heteroatoms. The number of para-hydroxylation sites is 1. The number of carbonyl (C=O) groups is 2. The van der Waals surface area contributed by atoms with E-state index in [2.05, 4.69) is 80.2 Å². The summed E-state index contributed by atoms with van der Waals surface area (Å²) in [6, 6.07) is 33.0. The summed E-state index contributed by atoms with van der Waals surface area (Å²) in [6.45, 7) is 7.10. The largest absolute Gasteiger partial charge is 0.488 e. The van der Waals surface area contributed by atoms with Gasteiger partial charge in [-0.2, -0.15) is 5.26 Å². The maximum Gasteiger partial charge on any atom is 0.330 e. The van der Waals surface area contributed by atoms with Gasteiger partial charge in [0.25, 0.3) is 5.91 Å². The molecule has 0 fully saturated rings. The lowest BCUT2D eigenvalue weighted by Crippen LogP contribution is -2.44. The first-order valence-electron chi connectivity index (χ1n) is 15.0. The van der Waals surface area contributed by atoms with Gasteiger partial charge in [0.05, 0.1) is 11.6 Å². The van der Waals surface area contributed by atoms with Gasteiger partial charge in [-0.15, -0.1) is 0 Å². The van der Waals surface area contributed by atoms with Gasteiger partial charge >= 0.3 is 6.03 Å². The molecule has 0 spiro atoms. The molecule has 7 nitrogen and oxygen atoms in total. The van der Waals surface area contributed by atoms with Crippen molar-refractivity contribution in [1.29, 1.82) is 5.26 Å². The van der Waals surface area contributed by atoms with Gasteiger partial charge < -0.3 is 10.5 Å². The number of benzene rings is 4. The molecule has 3 amide bonds. The Bertz CT molecular complexity index is 1650. The van der Waals surface area contributed by atoms with Gasteiger partial charge in [-0.3, -0.25) is 10.2 Å². The lowest BCUT2D eigenvalue weighted by molar-refractivity contribution is 0.0937. The second-order valence-corrected chi connectivity index (χ2v) is 12.1. The molecule has 230 valence electrons. The molecule has 4 N–H and O–H groups in total. The molecule has 0 aliphatic rings. The number of ether oxygens (including phenoxy) is 1. The van der Waals surface area contributed by atoms with Crippen molar-refractivity contribution < 1.29 is 14.3 Å². The number of nitriles is 1. The fraction of sp³-hybridized carbons (Fsp3) is 0.237. The summed E-state index contributed by atoms with van der Waals surface area (Å²) >= 11 is 0. The topological polar surface area (TPSA) is 117 Å². The third-order valence-electron chi connectivity index (χ3n) is 7.58. The summed E-state index contributed by atoms with van der Waals surface area (Å²) in [5, 5.41) is 9.14. The maximum atomic E-state index is 12.3. The van der Waals surface area contributed by atoms with Crippen molar-refractivity contribution in [2.75, 3.05) is 0 Å². The van der Waals surface area contributed by atoms with Crippen LogP contribution in [0, 0.1) is 17.2 Å². The molecule has 0 saturated heterocycles. The predicted molar refractivity (Wildman–Crippen MR) is 178 cm³/mol. The summed E-state index contributed by atoms with van der Waals surface area (Å²) < 4.78 is 6.27. The summed E-state index contributed by atoms with van der Waals surface area (Å²) in [5.41, 5.74) is 16.2. The molecule has 0 radical (unpaired) electrons. The molecule has 0 bridgehead atoms. The van der Waals surface area contributed by atoms with Crippen LogP contribution in [0.25, 0.3) is 6.08 Å². The Morgan fingerprint density at radius 3 is 2.16 bits per heavy atom. The minimum Gasteiger partial charge on any atom is -0.488 e. The first-order chi connectivity index (χ1) is 21.6. The molecule has 0 heterocycles. The van der Waals surface area contributed by atoms with Crippen LogP contribution in [0.15, 0.2) is 103 Å². The molecule has 1 unspecified atom stereocenters. The highest BCUT2D eigenvalue weighted by molar-refractivity contribution is 5.95. The molecular weight excluding hydrogens is 560 g/mol. The van der Waals surface area contributed by atoms with Crippen LogP contribution in [0.4, 0.5) is 4.79 Å². The molecule has 4 aromatic rings. The van der Waals surface area contributed by atoms with E-state index < -0.39 is 11.9 Å². The zero-order chi connectivity index (χ0) is 32.2. The Labute approximate surface area is 265 Å². The second-order valence-electron chi connectivity index (χ2n) is 12.1. The number of amides is 3. The number of hydrogen-bond donors (Lipinski definition) is 3. The van der Waals surface area contributed by atoms with Gasteiger partial charge in [-0.1, -0.05) is 99.7 Å². The summed E-state index contributed by atoms with van der Waals surface area (Å²) in [4.78, 5) is 23.2. The average Bonchev–Trinajstić information content (AvgIpc) is 3.04. The van der Waals surface area contributed by atoms with Gasteiger partial charge in [0.2, 0.25) is 0 Å². The normalized spacial score (nSPS) is 11.9. The van der Waals surface area contributed by atoms with Crippen LogP contribution >= 0.6 is 0 Å². The fourth-order valence-corrected chi connectivity index (χ4v) is 4.90. The smallest absolute Gasteiger partial charge is 0.330 e. The van der Waals surface area contributed by atoms with Crippen molar-refractivity contribution in [3.05, 3.63) is 142 Å². The zero-order valence-corrected chi connectivity index (χ0v) is 26.0. The first kappa shape index (κ1) is 32.6. The van der Waals surface area contributed by atoms with Crippen molar-refractivity contribution in [1.82, 2.24) is 10.9 Å². The molecule has 45 heavy (non-hydrogen) atoms. The fourth-order valence-electron chi connectivity index (χ4n) is 4.90. The Morgan fingerprint density at radius 1 is 0.867 bits per heavy atom. The van der Waals surface area contributed by atoms with E-state index in [1.165, 1.54) is 11.1 Å². The van der Waals surface area contributed by atoms with Crippen LogP contribution in [-0.4, -0.2) is 11.9 Å². The van der Waals surface area contributed by atoms with E-state index >= 15 is 0 Å². The molecule has 0 aromatic heterocycles. The van der Waals surface area contributed by atoms with E-state index in [1.54, 1.807) is 12.1 Å². The minimum absolute atomic E-state index is 0.105. The van der Waals surface area contributed by atoms with Crippen LogP contribution in [0.5, 0.6) is 5.75 Å². The van der Waals surface area contributed by atoms with E-state index in [0.29, 0.717) is 17.7 Å². The summed E-state index contributed by atoms with van der Waals surface area (Å²) in [6.07, 6.45) is 6.84. The van der Waals surface area contributed by atoms with Gasteiger partial charge in [-0.05, 0) is 83.2 Å². The van der Waals surface area contributed by atoms with Gasteiger partial charge in [0.15, 0.2) is 0 Å². The Kier molecular flexibility index (Phi) is 11.1. The van der Waals surface area contributed by atoms with Crippen molar-refractivity contribution in [2.24, 2.45) is 11.7 Å². The molecule has 4 aromatic carbocycles. The maximum absolute atomic E-state index is 12.3. The number of hydrogen-bond acceptors (Lipinski definition) is 4. The van der Waals surface area contributed by atoms with Crippen LogP contribution in [0.3, 0.4) is 0 Å². The van der Waals surface area contributed by atoms with Gasteiger partial charge in [0.1, 0.15) is 12.4 Å². The molecular formula is C38H40N4O3. The number of primary amides is 1. The van der Waals surface area contributed by atoms with Gasteiger partial charge in [-0.25, -0.2) is 10.2 Å². The highest BCUT2D eigenvalue weighted by atomic mass is 16.5. The van der Waals surface area contributed by atoms with Crippen LogP contribution in [0.1, 0.15) is 70.9 Å².